The number of benzene rings is 2. The molecule has 0 amide bonds. The SMILES string of the molecule is CC(C)(C)[Si](C)(C)C[C@H](N)C(O)(c1ccccc1)c1ccccc1. The van der Waals surface area contributed by atoms with Gasteiger partial charge in [0, 0.05) is 6.04 Å². The van der Waals surface area contributed by atoms with Gasteiger partial charge < -0.3 is 10.8 Å². The molecule has 0 saturated heterocycles. The Hall–Kier alpha value is -1.42. The molecule has 3 heteroatoms. The number of aliphatic hydroxyl groups is 1. The normalized spacial score (nSPS) is 14.5. The first-order valence-electron chi connectivity index (χ1n) is 8.68. The molecule has 3 N–H and O–H groups in total. The lowest BCUT2D eigenvalue weighted by molar-refractivity contribution is 0.0572. The molecule has 0 fully saturated rings. The third-order valence-corrected chi connectivity index (χ3v) is 11.2. The van der Waals surface area contributed by atoms with E-state index in [4.69, 9.17) is 5.73 Å². The first kappa shape index (κ1) is 18.9. The largest absolute Gasteiger partial charge is 0.379 e. The van der Waals surface area contributed by atoms with E-state index >= 15 is 0 Å². The standard InChI is InChI=1S/C21H31NOSi/c1-20(2,3)24(4,5)16-19(22)21(23,17-12-8-6-9-13-17)18-14-10-7-11-15-18/h6-15,19,23H,16,22H2,1-5H3/t19-/m0/s1. The summed E-state index contributed by atoms with van der Waals surface area (Å²) in [6.07, 6.45) is 0. The molecule has 0 heterocycles. The Kier molecular flexibility index (Phi) is 5.38. The van der Waals surface area contributed by atoms with E-state index in [9.17, 15) is 5.11 Å². The molecule has 0 aliphatic carbocycles. The summed E-state index contributed by atoms with van der Waals surface area (Å²) in [4.78, 5) is 0. The van der Waals surface area contributed by atoms with Gasteiger partial charge in [-0.1, -0.05) is 94.5 Å². The van der Waals surface area contributed by atoms with Crippen LogP contribution in [0.1, 0.15) is 31.9 Å². The molecule has 2 aromatic carbocycles. The lowest BCUT2D eigenvalue weighted by Gasteiger charge is -2.43. The molecule has 130 valence electrons. The van der Waals surface area contributed by atoms with Gasteiger partial charge in [0.2, 0.25) is 0 Å². The van der Waals surface area contributed by atoms with Gasteiger partial charge in [-0.3, -0.25) is 0 Å². The first-order chi connectivity index (χ1) is 11.1. The Morgan fingerprint density at radius 2 is 1.25 bits per heavy atom. The van der Waals surface area contributed by atoms with E-state index in [-0.39, 0.29) is 11.1 Å². The number of rotatable bonds is 5. The van der Waals surface area contributed by atoms with Gasteiger partial charge in [-0.05, 0) is 22.2 Å². The lowest BCUT2D eigenvalue weighted by Crippen LogP contribution is -2.52. The van der Waals surface area contributed by atoms with Gasteiger partial charge in [0.1, 0.15) is 5.60 Å². The monoisotopic (exact) mass is 341 g/mol. The van der Waals surface area contributed by atoms with Crippen molar-refractivity contribution in [2.24, 2.45) is 5.73 Å². The van der Waals surface area contributed by atoms with Gasteiger partial charge in [0.05, 0.1) is 8.07 Å². The van der Waals surface area contributed by atoms with Gasteiger partial charge in [-0.2, -0.15) is 0 Å². The van der Waals surface area contributed by atoms with E-state index in [1.54, 1.807) is 0 Å². The summed E-state index contributed by atoms with van der Waals surface area (Å²) in [5.41, 5.74) is 7.24. The van der Waals surface area contributed by atoms with Crippen molar-refractivity contribution in [3.8, 4) is 0 Å². The second kappa shape index (κ2) is 6.83. The highest BCUT2D eigenvalue weighted by Gasteiger charge is 2.44. The van der Waals surface area contributed by atoms with E-state index in [1.807, 2.05) is 60.7 Å². The van der Waals surface area contributed by atoms with Gasteiger partial charge in [0.25, 0.3) is 0 Å². The Morgan fingerprint density at radius 3 is 1.58 bits per heavy atom. The van der Waals surface area contributed by atoms with Crippen molar-refractivity contribution in [2.75, 3.05) is 0 Å². The van der Waals surface area contributed by atoms with Crippen LogP contribution in [0.3, 0.4) is 0 Å². The van der Waals surface area contributed by atoms with Crippen LogP contribution in [0, 0.1) is 0 Å². The maximum Gasteiger partial charge on any atom is 0.129 e. The van der Waals surface area contributed by atoms with E-state index < -0.39 is 13.7 Å². The van der Waals surface area contributed by atoms with E-state index in [2.05, 4.69) is 33.9 Å². The Balaban J connectivity index is 2.48. The zero-order chi connectivity index (χ0) is 18.0. The van der Waals surface area contributed by atoms with Crippen molar-refractivity contribution in [1.29, 1.82) is 0 Å². The smallest absolute Gasteiger partial charge is 0.129 e. The molecule has 0 aromatic heterocycles. The van der Waals surface area contributed by atoms with Gasteiger partial charge in [0.15, 0.2) is 0 Å². The van der Waals surface area contributed by atoms with Crippen molar-refractivity contribution < 1.29 is 5.11 Å². The number of hydrogen-bond acceptors (Lipinski definition) is 2. The molecule has 0 radical (unpaired) electrons. The Labute approximate surface area is 147 Å². The van der Waals surface area contributed by atoms with E-state index in [1.165, 1.54) is 0 Å². The highest BCUT2D eigenvalue weighted by molar-refractivity contribution is 6.80. The van der Waals surface area contributed by atoms with Crippen LogP contribution < -0.4 is 5.73 Å². The molecular formula is C21H31NOSi. The van der Waals surface area contributed by atoms with Crippen LogP contribution >= 0.6 is 0 Å². The van der Waals surface area contributed by atoms with Gasteiger partial charge in [-0.25, -0.2) is 0 Å². The highest BCUT2D eigenvalue weighted by Crippen LogP contribution is 2.43. The molecule has 0 spiro atoms. The van der Waals surface area contributed by atoms with Crippen molar-refractivity contribution in [3.63, 3.8) is 0 Å². The number of nitrogens with two attached hydrogens (primary N) is 1. The van der Waals surface area contributed by atoms with Crippen LogP contribution in [-0.4, -0.2) is 19.2 Å². The molecule has 0 aliphatic heterocycles. The summed E-state index contributed by atoms with van der Waals surface area (Å²) < 4.78 is 0. The minimum Gasteiger partial charge on any atom is -0.379 e. The maximum absolute atomic E-state index is 11.7. The third-order valence-electron chi connectivity index (χ3n) is 5.72. The zero-order valence-electron chi connectivity index (χ0n) is 15.6. The molecule has 0 unspecified atom stereocenters. The molecular weight excluding hydrogens is 310 g/mol. The predicted molar refractivity (Wildman–Crippen MR) is 106 cm³/mol. The van der Waals surface area contributed by atoms with Crippen LogP contribution in [0.5, 0.6) is 0 Å². The fourth-order valence-electron chi connectivity index (χ4n) is 2.98. The summed E-state index contributed by atoms with van der Waals surface area (Å²) in [5.74, 6) is 0. The summed E-state index contributed by atoms with van der Waals surface area (Å²) in [6, 6.07) is 20.2. The summed E-state index contributed by atoms with van der Waals surface area (Å²) >= 11 is 0. The highest BCUT2D eigenvalue weighted by atomic mass is 28.3. The average molecular weight is 342 g/mol. The summed E-state index contributed by atoms with van der Waals surface area (Å²) in [5, 5.41) is 12.0. The molecule has 0 aliphatic rings. The predicted octanol–water partition coefficient (Wildman–Crippen LogP) is 4.76. The third kappa shape index (κ3) is 3.64. The fraction of sp³-hybridized carbons (Fsp3) is 0.429. The number of hydrogen-bond donors (Lipinski definition) is 2. The zero-order valence-corrected chi connectivity index (χ0v) is 16.6. The van der Waals surface area contributed by atoms with Crippen molar-refractivity contribution in [2.45, 2.75) is 56.6 Å². The van der Waals surface area contributed by atoms with Crippen LogP contribution in [0.4, 0.5) is 0 Å². The van der Waals surface area contributed by atoms with E-state index in [0.717, 1.165) is 17.2 Å². The average Bonchev–Trinajstić information content (AvgIpc) is 2.54. The molecule has 2 rings (SSSR count). The maximum atomic E-state index is 11.7. The second-order valence-electron chi connectivity index (χ2n) is 8.44. The van der Waals surface area contributed by atoms with Gasteiger partial charge >= 0.3 is 0 Å². The molecule has 1 atom stereocenters. The van der Waals surface area contributed by atoms with Crippen molar-refractivity contribution in [1.82, 2.24) is 0 Å². The molecule has 0 saturated carbocycles. The van der Waals surface area contributed by atoms with Crippen LogP contribution in [0.2, 0.25) is 24.2 Å². The van der Waals surface area contributed by atoms with Crippen LogP contribution in [0.15, 0.2) is 60.7 Å². The minimum atomic E-state index is -1.63. The van der Waals surface area contributed by atoms with E-state index in [0.29, 0.717) is 0 Å². The summed E-state index contributed by atoms with van der Waals surface area (Å²) in [6.45, 7) is 11.6. The van der Waals surface area contributed by atoms with Gasteiger partial charge in [-0.15, -0.1) is 0 Å². The molecule has 24 heavy (non-hydrogen) atoms. The molecule has 2 aromatic rings. The topological polar surface area (TPSA) is 46.2 Å². The summed E-state index contributed by atoms with van der Waals surface area (Å²) in [7, 11) is -1.63. The Morgan fingerprint density at radius 1 is 0.875 bits per heavy atom. The molecule has 0 bridgehead atoms. The second-order valence-corrected chi connectivity index (χ2v) is 14.1. The van der Waals surface area contributed by atoms with Crippen molar-refractivity contribution >= 4 is 8.07 Å². The van der Waals surface area contributed by atoms with Crippen LogP contribution in [0.25, 0.3) is 0 Å². The lowest BCUT2D eigenvalue weighted by atomic mass is 9.81. The fourth-order valence-corrected chi connectivity index (χ4v) is 4.99. The first-order valence-corrected chi connectivity index (χ1v) is 11.9. The van der Waals surface area contributed by atoms with Crippen molar-refractivity contribution in [3.05, 3.63) is 71.8 Å². The molecule has 2 nitrogen and oxygen atoms in total. The minimum absolute atomic E-state index is 0.235. The Bertz CT molecular complexity index is 607. The quantitative estimate of drug-likeness (QED) is 0.770. The van der Waals surface area contributed by atoms with Crippen LogP contribution in [-0.2, 0) is 5.60 Å².